The predicted octanol–water partition coefficient (Wildman–Crippen LogP) is 2.41. The van der Waals surface area contributed by atoms with Crippen molar-refractivity contribution in [3.63, 3.8) is 0 Å². The predicted molar refractivity (Wildman–Crippen MR) is 89.9 cm³/mol. The van der Waals surface area contributed by atoms with Crippen LogP contribution < -0.4 is 5.32 Å². The number of aromatic nitrogens is 3. The molecular weight excluding hydrogens is 304 g/mol. The maximum absolute atomic E-state index is 12.9. The summed E-state index contributed by atoms with van der Waals surface area (Å²) in [7, 11) is 0. The van der Waals surface area contributed by atoms with E-state index in [1.54, 1.807) is 6.20 Å². The molecule has 0 aromatic carbocycles. The molecule has 0 saturated carbocycles. The minimum Gasteiger partial charge on any atom is -0.381 e. The first kappa shape index (κ1) is 15.0. The number of hydrogen-bond donors (Lipinski definition) is 2. The van der Waals surface area contributed by atoms with Gasteiger partial charge in [0.25, 0.3) is 5.91 Å². The van der Waals surface area contributed by atoms with Gasteiger partial charge in [-0.3, -0.25) is 4.79 Å². The van der Waals surface area contributed by atoms with E-state index < -0.39 is 5.54 Å². The van der Waals surface area contributed by atoms with Crippen LogP contribution in [0.15, 0.2) is 42.9 Å². The van der Waals surface area contributed by atoms with Crippen LogP contribution in [0.4, 0.5) is 0 Å². The number of pyridine rings is 1. The van der Waals surface area contributed by atoms with Crippen LogP contribution in [-0.4, -0.2) is 33.5 Å². The third-order valence-electron chi connectivity index (χ3n) is 4.62. The molecule has 0 aliphatic carbocycles. The van der Waals surface area contributed by atoms with E-state index in [0.29, 0.717) is 31.6 Å². The van der Waals surface area contributed by atoms with Gasteiger partial charge in [-0.25, -0.2) is 4.98 Å². The fraction of sp³-hybridized carbons (Fsp3) is 0.333. The summed E-state index contributed by atoms with van der Waals surface area (Å²) in [5, 5.41) is 3.21. The Morgan fingerprint density at radius 2 is 2.21 bits per heavy atom. The van der Waals surface area contributed by atoms with Gasteiger partial charge in [-0.2, -0.15) is 0 Å². The number of hydrogen-bond acceptors (Lipinski definition) is 3. The van der Waals surface area contributed by atoms with Crippen LogP contribution in [0.25, 0.3) is 5.52 Å². The smallest absolute Gasteiger partial charge is 0.253 e. The van der Waals surface area contributed by atoms with Crippen molar-refractivity contribution in [2.24, 2.45) is 0 Å². The number of nitrogens with one attached hydrogen (secondary N) is 2. The number of rotatable bonds is 3. The monoisotopic (exact) mass is 324 g/mol. The molecule has 24 heavy (non-hydrogen) atoms. The Kier molecular flexibility index (Phi) is 3.61. The Hall–Kier alpha value is -2.60. The summed E-state index contributed by atoms with van der Waals surface area (Å²) in [5.41, 5.74) is 2.13. The van der Waals surface area contributed by atoms with E-state index in [-0.39, 0.29) is 5.91 Å². The summed E-state index contributed by atoms with van der Waals surface area (Å²) in [6.45, 7) is 3.18. The van der Waals surface area contributed by atoms with Gasteiger partial charge in [0, 0.05) is 55.9 Å². The molecule has 2 N–H and O–H groups in total. The van der Waals surface area contributed by atoms with E-state index in [4.69, 9.17) is 4.74 Å². The maximum atomic E-state index is 12.9. The summed E-state index contributed by atoms with van der Waals surface area (Å²) in [5.74, 6) is 0.718. The lowest BCUT2D eigenvalue weighted by atomic mass is 9.88. The number of aryl methyl sites for hydroxylation is 1. The van der Waals surface area contributed by atoms with E-state index in [9.17, 15) is 4.79 Å². The van der Waals surface area contributed by atoms with E-state index >= 15 is 0 Å². The third-order valence-corrected chi connectivity index (χ3v) is 4.62. The zero-order valence-corrected chi connectivity index (χ0v) is 13.6. The van der Waals surface area contributed by atoms with Crippen molar-refractivity contribution >= 4 is 11.4 Å². The number of imidazole rings is 1. The summed E-state index contributed by atoms with van der Waals surface area (Å²) in [6, 6.07) is 7.79. The summed E-state index contributed by atoms with van der Waals surface area (Å²) < 4.78 is 7.44. The van der Waals surface area contributed by atoms with Gasteiger partial charge in [-0.05, 0) is 25.1 Å². The first-order valence-electron chi connectivity index (χ1n) is 8.15. The molecule has 6 heteroatoms. The second-order valence-corrected chi connectivity index (χ2v) is 6.32. The van der Waals surface area contributed by atoms with Crippen molar-refractivity contribution in [2.75, 3.05) is 13.2 Å². The molecule has 0 radical (unpaired) electrons. The first-order valence-corrected chi connectivity index (χ1v) is 8.15. The molecule has 0 bridgehead atoms. The topological polar surface area (TPSA) is 71.4 Å². The van der Waals surface area contributed by atoms with Gasteiger partial charge < -0.3 is 19.4 Å². The third kappa shape index (κ3) is 2.59. The highest BCUT2D eigenvalue weighted by atomic mass is 16.5. The van der Waals surface area contributed by atoms with Gasteiger partial charge in [0.1, 0.15) is 11.4 Å². The number of H-pyrrole nitrogens is 1. The van der Waals surface area contributed by atoms with E-state index in [0.717, 1.165) is 17.0 Å². The molecule has 3 aromatic rings. The standard InChI is InChI=1S/C18H20N4O2/c1-13-11-19-17(20-13)18(5-8-24-9-6-18)21-16(23)14-10-15-4-2-3-7-22(15)12-14/h2-4,7,10-12H,5-6,8-9H2,1H3,(H,19,20)(H,21,23). The maximum Gasteiger partial charge on any atom is 0.253 e. The molecule has 3 aromatic heterocycles. The molecule has 0 unspecified atom stereocenters. The lowest BCUT2D eigenvalue weighted by Gasteiger charge is -2.36. The quantitative estimate of drug-likeness (QED) is 0.777. The molecule has 1 aliphatic heterocycles. The number of aromatic amines is 1. The number of fused-ring (bicyclic) bond motifs is 1. The second kappa shape index (κ2) is 5.79. The van der Waals surface area contributed by atoms with Crippen LogP contribution in [0.3, 0.4) is 0 Å². The van der Waals surface area contributed by atoms with Crippen LogP contribution in [0.5, 0.6) is 0 Å². The number of carbonyl (C=O) groups is 1. The summed E-state index contributed by atoms with van der Waals surface area (Å²) in [4.78, 5) is 20.6. The molecular formula is C18H20N4O2. The number of carbonyl (C=O) groups excluding carboxylic acids is 1. The molecule has 4 rings (SSSR count). The van der Waals surface area contributed by atoms with Gasteiger partial charge in [0.05, 0.1) is 5.56 Å². The van der Waals surface area contributed by atoms with E-state index in [1.807, 2.05) is 48.0 Å². The lowest BCUT2D eigenvalue weighted by Crippen LogP contribution is -2.50. The van der Waals surface area contributed by atoms with Gasteiger partial charge in [0.2, 0.25) is 0 Å². The van der Waals surface area contributed by atoms with Crippen LogP contribution in [0.1, 0.15) is 34.7 Å². The zero-order chi connectivity index (χ0) is 16.6. The van der Waals surface area contributed by atoms with E-state index in [1.165, 1.54) is 0 Å². The summed E-state index contributed by atoms with van der Waals surface area (Å²) in [6.07, 6.45) is 7.00. The molecule has 1 fully saturated rings. The largest absolute Gasteiger partial charge is 0.381 e. The number of ether oxygens (including phenoxy) is 1. The van der Waals surface area contributed by atoms with Gasteiger partial charge in [0.15, 0.2) is 0 Å². The van der Waals surface area contributed by atoms with Gasteiger partial charge >= 0.3 is 0 Å². The molecule has 6 nitrogen and oxygen atoms in total. The average Bonchev–Trinajstić information content (AvgIpc) is 3.22. The minimum atomic E-state index is -0.502. The SMILES string of the molecule is Cc1cnc(C2(NC(=O)c3cc4ccccn4c3)CCOCC2)[nH]1. The Morgan fingerprint density at radius 3 is 2.92 bits per heavy atom. The van der Waals surface area contributed by atoms with Crippen LogP contribution in [0.2, 0.25) is 0 Å². The molecule has 0 spiro atoms. The Morgan fingerprint density at radius 1 is 1.38 bits per heavy atom. The molecule has 0 atom stereocenters. The number of nitrogens with zero attached hydrogens (tertiary/aromatic N) is 2. The normalized spacial score (nSPS) is 17.0. The minimum absolute atomic E-state index is 0.0883. The van der Waals surface area contributed by atoms with Crippen molar-refractivity contribution in [3.05, 3.63) is 59.9 Å². The highest BCUT2D eigenvalue weighted by Gasteiger charge is 2.38. The van der Waals surface area contributed by atoms with Crippen molar-refractivity contribution in [3.8, 4) is 0 Å². The van der Waals surface area contributed by atoms with Crippen molar-refractivity contribution < 1.29 is 9.53 Å². The molecule has 124 valence electrons. The second-order valence-electron chi connectivity index (χ2n) is 6.32. The Labute approximate surface area is 139 Å². The summed E-state index contributed by atoms with van der Waals surface area (Å²) >= 11 is 0. The molecule has 1 aliphatic rings. The van der Waals surface area contributed by atoms with Gasteiger partial charge in [-0.15, -0.1) is 0 Å². The van der Waals surface area contributed by atoms with Crippen molar-refractivity contribution in [1.82, 2.24) is 19.7 Å². The van der Waals surface area contributed by atoms with Crippen LogP contribution in [0, 0.1) is 6.92 Å². The zero-order valence-electron chi connectivity index (χ0n) is 13.6. The number of amides is 1. The van der Waals surface area contributed by atoms with Crippen molar-refractivity contribution in [1.29, 1.82) is 0 Å². The van der Waals surface area contributed by atoms with E-state index in [2.05, 4.69) is 15.3 Å². The van der Waals surface area contributed by atoms with Crippen LogP contribution >= 0.6 is 0 Å². The molecule has 4 heterocycles. The Bertz CT molecular complexity index is 841. The molecule has 1 saturated heterocycles. The van der Waals surface area contributed by atoms with Gasteiger partial charge in [-0.1, -0.05) is 6.07 Å². The first-order chi connectivity index (χ1) is 11.7. The Balaban J connectivity index is 1.65. The highest BCUT2D eigenvalue weighted by molar-refractivity contribution is 5.96. The highest BCUT2D eigenvalue weighted by Crippen LogP contribution is 2.30. The fourth-order valence-corrected chi connectivity index (χ4v) is 3.27. The average molecular weight is 324 g/mol. The lowest BCUT2D eigenvalue weighted by molar-refractivity contribution is 0.0316. The molecule has 1 amide bonds. The van der Waals surface area contributed by atoms with Crippen molar-refractivity contribution in [2.45, 2.75) is 25.3 Å². The van der Waals surface area contributed by atoms with Crippen LogP contribution in [-0.2, 0) is 10.3 Å². The fourth-order valence-electron chi connectivity index (χ4n) is 3.27.